The zero-order valence-corrected chi connectivity index (χ0v) is 12.6. The second kappa shape index (κ2) is 7.52. The average Bonchev–Trinajstić information content (AvgIpc) is 2.46. The minimum atomic E-state index is -1.13. The van der Waals surface area contributed by atoms with Crippen molar-refractivity contribution in [1.82, 2.24) is 5.32 Å². The van der Waals surface area contributed by atoms with Gasteiger partial charge in [-0.15, -0.1) is 0 Å². The number of nitrogen functional groups attached to an aromatic ring is 1. The predicted octanol–water partition coefficient (Wildman–Crippen LogP) is 2.04. The number of carbonyl (C=O) groups excluding carboxylic acids is 1. The summed E-state index contributed by atoms with van der Waals surface area (Å²) in [5.41, 5.74) is 5.68. The zero-order chi connectivity index (χ0) is 16.0. The lowest BCUT2D eigenvalue weighted by molar-refractivity contribution is -0.128. The Labute approximate surface area is 124 Å². The van der Waals surface area contributed by atoms with Gasteiger partial charge in [0.15, 0.2) is 6.10 Å². The Morgan fingerprint density at radius 2 is 1.95 bits per heavy atom. The van der Waals surface area contributed by atoms with Gasteiger partial charge in [0.05, 0.1) is 5.56 Å². The Bertz CT molecular complexity index is 512. The van der Waals surface area contributed by atoms with E-state index in [4.69, 9.17) is 15.6 Å². The second-order valence-corrected chi connectivity index (χ2v) is 4.84. The molecule has 0 saturated carbocycles. The Hall–Kier alpha value is -2.24. The van der Waals surface area contributed by atoms with Crippen LogP contribution in [0.3, 0.4) is 0 Å². The fourth-order valence-corrected chi connectivity index (χ4v) is 1.86. The molecule has 0 aliphatic rings. The minimum Gasteiger partial charge on any atom is -0.481 e. The lowest BCUT2D eigenvalue weighted by Gasteiger charge is -2.19. The van der Waals surface area contributed by atoms with Crippen molar-refractivity contribution in [2.45, 2.75) is 45.8 Å². The Balaban J connectivity index is 2.74. The van der Waals surface area contributed by atoms with E-state index in [2.05, 4.69) is 5.32 Å². The summed E-state index contributed by atoms with van der Waals surface area (Å²) in [5, 5.41) is 11.9. The van der Waals surface area contributed by atoms with Crippen molar-refractivity contribution >= 4 is 17.6 Å². The monoisotopic (exact) mass is 294 g/mol. The molecular weight excluding hydrogens is 272 g/mol. The molecule has 116 valence electrons. The largest absolute Gasteiger partial charge is 0.481 e. The molecule has 0 saturated heterocycles. The highest BCUT2D eigenvalue weighted by atomic mass is 16.5. The number of carboxylic acids is 1. The van der Waals surface area contributed by atoms with E-state index < -0.39 is 12.1 Å². The van der Waals surface area contributed by atoms with Crippen LogP contribution in [0.4, 0.5) is 5.69 Å². The number of amides is 1. The molecule has 1 aromatic carbocycles. The van der Waals surface area contributed by atoms with Crippen LogP contribution in [0.5, 0.6) is 5.75 Å². The first kappa shape index (κ1) is 16.8. The van der Waals surface area contributed by atoms with Gasteiger partial charge in [-0.3, -0.25) is 4.79 Å². The molecule has 1 rings (SSSR count). The van der Waals surface area contributed by atoms with Crippen molar-refractivity contribution in [3.63, 3.8) is 0 Å². The molecule has 1 atom stereocenters. The van der Waals surface area contributed by atoms with Gasteiger partial charge in [0, 0.05) is 11.7 Å². The van der Waals surface area contributed by atoms with Crippen molar-refractivity contribution in [3.05, 3.63) is 23.8 Å². The van der Waals surface area contributed by atoms with Gasteiger partial charge in [-0.1, -0.05) is 13.8 Å². The van der Waals surface area contributed by atoms with E-state index in [1.54, 1.807) is 13.0 Å². The summed E-state index contributed by atoms with van der Waals surface area (Å²) in [6.45, 7) is 5.62. The predicted molar refractivity (Wildman–Crippen MR) is 80.4 cm³/mol. The van der Waals surface area contributed by atoms with E-state index in [1.165, 1.54) is 12.1 Å². The molecule has 0 spiro atoms. The van der Waals surface area contributed by atoms with Gasteiger partial charge in [0.2, 0.25) is 0 Å². The maximum atomic E-state index is 12.0. The number of hydrogen-bond donors (Lipinski definition) is 3. The van der Waals surface area contributed by atoms with Crippen LogP contribution < -0.4 is 15.8 Å². The van der Waals surface area contributed by atoms with Crippen LogP contribution in [0.1, 0.15) is 44.0 Å². The molecule has 4 N–H and O–H groups in total. The van der Waals surface area contributed by atoms with Crippen molar-refractivity contribution in [3.8, 4) is 5.75 Å². The topological polar surface area (TPSA) is 102 Å². The van der Waals surface area contributed by atoms with E-state index in [-0.39, 0.29) is 23.2 Å². The first-order valence-electron chi connectivity index (χ1n) is 6.98. The van der Waals surface area contributed by atoms with Crippen molar-refractivity contribution < 1.29 is 19.4 Å². The van der Waals surface area contributed by atoms with Crippen LogP contribution >= 0.6 is 0 Å². The summed E-state index contributed by atoms with van der Waals surface area (Å²) in [4.78, 5) is 23.0. The summed E-state index contributed by atoms with van der Waals surface area (Å²) in [5.74, 6) is -1.06. The van der Waals surface area contributed by atoms with Crippen molar-refractivity contribution in [1.29, 1.82) is 0 Å². The molecule has 1 aromatic rings. The average molecular weight is 294 g/mol. The Morgan fingerprint density at radius 1 is 1.33 bits per heavy atom. The smallest absolute Gasteiger partial charge is 0.337 e. The van der Waals surface area contributed by atoms with E-state index in [9.17, 15) is 9.59 Å². The highest BCUT2D eigenvalue weighted by Gasteiger charge is 2.18. The van der Waals surface area contributed by atoms with E-state index >= 15 is 0 Å². The van der Waals surface area contributed by atoms with E-state index in [0.29, 0.717) is 5.75 Å². The Kier molecular flexibility index (Phi) is 6.02. The fourth-order valence-electron chi connectivity index (χ4n) is 1.86. The number of hydrogen-bond acceptors (Lipinski definition) is 4. The molecule has 0 aliphatic carbocycles. The number of rotatable bonds is 7. The van der Waals surface area contributed by atoms with Crippen LogP contribution in [0.25, 0.3) is 0 Å². The molecule has 1 amide bonds. The standard InChI is InChI=1S/C15H22N2O4/c1-4-10(5-2)17-14(18)9(3)21-11-6-7-13(16)12(8-11)15(19)20/h6-10H,4-5,16H2,1-3H3,(H,17,18)(H,19,20). The maximum absolute atomic E-state index is 12.0. The normalized spacial score (nSPS) is 12.0. The van der Waals surface area contributed by atoms with Crippen LogP contribution in [0, 0.1) is 0 Å². The molecule has 0 aromatic heterocycles. The molecule has 0 fully saturated rings. The summed E-state index contributed by atoms with van der Waals surface area (Å²) in [7, 11) is 0. The number of nitrogens with one attached hydrogen (secondary N) is 1. The van der Waals surface area contributed by atoms with Gasteiger partial charge in [-0.25, -0.2) is 4.79 Å². The molecule has 0 radical (unpaired) electrons. The number of anilines is 1. The molecule has 0 heterocycles. The first-order valence-corrected chi connectivity index (χ1v) is 6.98. The summed E-state index contributed by atoms with van der Waals surface area (Å²) >= 11 is 0. The molecule has 0 aliphatic heterocycles. The van der Waals surface area contributed by atoms with Crippen molar-refractivity contribution in [2.75, 3.05) is 5.73 Å². The van der Waals surface area contributed by atoms with Crippen LogP contribution in [-0.2, 0) is 4.79 Å². The zero-order valence-electron chi connectivity index (χ0n) is 12.6. The fraction of sp³-hybridized carbons (Fsp3) is 0.467. The lowest BCUT2D eigenvalue weighted by atomic mass is 10.1. The molecule has 1 unspecified atom stereocenters. The van der Waals surface area contributed by atoms with Crippen LogP contribution in [0.2, 0.25) is 0 Å². The lowest BCUT2D eigenvalue weighted by Crippen LogP contribution is -2.42. The van der Waals surface area contributed by atoms with Gasteiger partial charge < -0.3 is 20.9 Å². The minimum absolute atomic E-state index is 0.0416. The first-order chi connectivity index (χ1) is 9.88. The highest BCUT2D eigenvalue weighted by Crippen LogP contribution is 2.20. The SMILES string of the molecule is CCC(CC)NC(=O)C(C)Oc1ccc(N)c(C(=O)O)c1. The Morgan fingerprint density at radius 3 is 2.48 bits per heavy atom. The number of aromatic carboxylic acids is 1. The second-order valence-electron chi connectivity index (χ2n) is 4.84. The quantitative estimate of drug-likeness (QED) is 0.668. The van der Waals surface area contributed by atoms with Crippen molar-refractivity contribution in [2.24, 2.45) is 0 Å². The number of benzene rings is 1. The van der Waals surface area contributed by atoms with Gasteiger partial charge in [-0.05, 0) is 38.0 Å². The third kappa shape index (κ3) is 4.66. The summed E-state index contributed by atoms with van der Waals surface area (Å²) < 4.78 is 5.48. The summed E-state index contributed by atoms with van der Waals surface area (Å²) in [6, 6.07) is 4.43. The highest BCUT2D eigenvalue weighted by molar-refractivity contribution is 5.94. The number of ether oxygens (including phenoxy) is 1. The van der Waals surface area contributed by atoms with Gasteiger partial charge >= 0.3 is 5.97 Å². The van der Waals surface area contributed by atoms with Gasteiger partial charge in [-0.2, -0.15) is 0 Å². The molecule has 0 bridgehead atoms. The number of carboxylic acid groups (broad SMARTS) is 1. The van der Waals surface area contributed by atoms with E-state index in [1.807, 2.05) is 13.8 Å². The van der Waals surface area contributed by atoms with Gasteiger partial charge in [0.25, 0.3) is 5.91 Å². The summed E-state index contributed by atoms with van der Waals surface area (Å²) in [6.07, 6.45) is 0.982. The third-order valence-electron chi connectivity index (χ3n) is 3.27. The third-order valence-corrected chi connectivity index (χ3v) is 3.27. The van der Waals surface area contributed by atoms with E-state index in [0.717, 1.165) is 12.8 Å². The molecule has 21 heavy (non-hydrogen) atoms. The van der Waals surface area contributed by atoms with Gasteiger partial charge in [0.1, 0.15) is 5.75 Å². The van der Waals surface area contributed by atoms with Crippen LogP contribution in [0.15, 0.2) is 18.2 Å². The molecular formula is C15H22N2O4. The molecule has 6 heteroatoms. The maximum Gasteiger partial charge on any atom is 0.337 e. The number of carbonyl (C=O) groups is 2. The number of nitrogens with two attached hydrogens (primary N) is 1. The molecule has 6 nitrogen and oxygen atoms in total. The van der Waals surface area contributed by atoms with Crippen LogP contribution in [-0.4, -0.2) is 29.1 Å².